The van der Waals surface area contributed by atoms with Crippen molar-refractivity contribution >= 4 is 45.2 Å². The first-order valence-electron chi connectivity index (χ1n) is 4.83. The number of nitrogens with zero attached hydrogens (tertiary/aromatic N) is 2. The van der Waals surface area contributed by atoms with E-state index in [2.05, 4.69) is 20.9 Å². The third kappa shape index (κ3) is 2.42. The highest BCUT2D eigenvalue weighted by atomic mass is 79.9. The zero-order chi connectivity index (χ0) is 12.6. The Balaban J connectivity index is 2.29. The molecule has 1 atom stereocenters. The number of hydrogen-bond acceptors (Lipinski definition) is 3. The highest BCUT2D eigenvalue weighted by molar-refractivity contribution is 9.10. The van der Waals surface area contributed by atoms with Crippen LogP contribution in [0.15, 0.2) is 16.7 Å². The summed E-state index contributed by atoms with van der Waals surface area (Å²) in [5.74, 6) is -1.63. The summed E-state index contributed by atoms with van der Waals surface area (Å²) in [7, 11) is 0. The zero-order valence-electron chi connectivity index (χ0n) is 8.56. The van der Waals surface area contributed by atoms with Gasteiger partial charge in [-0.2, -0.15) is 0 Å². The predicted octanol–water partition coefficient (Wildman–Crippen LogP) is 1.93. The molecule has 17 heavy (non-hydrogen) atoms. The van der Waals surface area contributed by atoms with E-state index in [1.54, 1.807) is 6.07 Å². The Kier molecular flexibility index (Phi) is 3.35. The Morgan fingerprint density at radius 2 is 2.35 bits per heavy atom. The molecule has 1 fully saturated rings. The smallest absolute Gasteiger partial charge is 0.308 e. The van der Waals surface area contributed by atoms with Crippen molar-refractivity contribution in [1.29, 1.82) is 0 Å². The maximum Gasteiger partial charge on any atom is 0.308 e. The Bertz CT molecular complexity index is 494. The van der Waals surface area contributed by atoms with E-state index in [1.807, 2.05) is 0 Å². The average Bonchev–Trinajstić information content (AvgIpc) is 2.61. The van der Waals surface area contributed by atoms with Gasteiger partial charge in [0, 0.05) is 23.6 Å². The van der Waals surface area contributed by atoms with Gasteiger partial charge in [-0.05, 0) is 22.0 Å². The van der Waals surface area contributed by atoms with Gasteiger partial charge in [0.1, 0.15) is 0 Å². The van der Waals surface area contributed by atoms with E-state index in [-0.39, 0.29) is 18.9 Å². The van der Waals surface area contributed by atoms with Crippen LogP contribution in [0, 0.1) is 5.92 Å². The summed E-state index contributed by atoms with van der Waals surface area (Å²) >= 11 is 9.18. The fourth-order valence-corrected chi connectivity index (χ4v) is 2.42. The van der Waals surface area contributed by atoms with Crippen LogP contribution < -0.4 is 4.90 Å². The fourth-order valence-electron chi connectivity index (χ4n) is 1.68. The van der Waals surface area contributed by atoms with Crippen molar-refractivity contribution in [2.24, 2.45) is 5.92 Å². The Hall–Kier alpha value is -1.14. The number of amides is 1. The monoisotopic (exact) mass is 318 g/mol. The number of anilines is 1. The minimum Gasteiger partial charge on any atom is -0.481 e. The van der Waals surface area contributed by atoms with Crippen LogP contribution in [0.5, 0.6) is 0 Å². The van der Waals surface area contributed by atoms with Crippen molar-refractivity contribution in [1.82, 2.24) is 4.98 Å². The zero-order valence-corrected chi connectivity index (χ0v) is 10.9. The Morgan fingerprint density at radius 3 is 2.88 bits per heavy atom. The van der Waals surface area contributed by atoms with Crippen LogP contribution in [-0.4, -0.2) is 28.5 Å². The van der Waals surface area contributed by atoms with Crippen molar-refractivity contribution < 1.29 is 14.7 Å². The molecule has 1 aliphatic rings. The first kappa shape index (κ1) is 12.3. The standard InChI is InChI=1S/C10H8BrClN2O3/c11-6-2-7(12)9(13-3-6)14-4-5(10(16)17)1-8(14)15/h2-3,5H,1,4H2,(H,16,17). The lowest BCUT2D eigenvalue weighted by molar-refractivity contribution is -0.141. The minimum atomic E-state index is -0.978. The first-order chi connectivity index (χ1) is 7.99. The van der Waals surface area contributed by atoms with Crippen molar-refractivity contribution in [3.63, 3.8) is 0 Å². The number of hydrogen-bond donors (Lipinski definition) is 1. The molecule has 0 aliphatic carbocycles. The van der Waals surface area contributed by atoms with E-state index in [0.29, 0.717) is 15.3 Å². The van der Waals surface area contributed by atoms with Crippen molar-refractivity contribution in [3.8, 4) is 0 Å². The van der Waals surface area contributed by atoms with Gasteiger partial charge < -0.3 is 5.11 Å². The first-order valence-corrected chi connectivity index (χ1v) is 6.00. The molecule has 1 aliphatic heterocycles. The molecule has 1 saturated heterocycles. The van der Waals surface area contributed by atoms with Gasteiger partial charge in [0.05, 0.1) is 10.9 Å². The largest absolute Gasteiger partial charge is 0.481 e. The lowest BCUT2D eigenvalue weighted by Gasteiger charge is -2.16. The molecule has 2 rings (SSSR count). The summed E-state index contributed by atoms with van der Waals surface area (Å²) in [5, 5.41) is 9.19. The summed E-state index contributed by atoms with van der Waals surface area (Å²) in [5.41, 5.74) is 0. The van der Waals surface area contributed by atoms with Crippen LogP contribution in [0.25, 0.3) is 0 Å². The van der Waals surface area contributed by atoms with Crippen LogP contribution >= 0.6 is 27.5 Å². The molecule has 1 aromatic heterocycles. The molecule has 2 heterocycles. The van der Waals surface area contributed by atoms with Gasteiger partial charge in [0.15, 0.2) is 5.82 Å². The van der Waals surface area contributed by atoms with Crippen LogP contribution in [0.4, 0.5) is 5.82 Å². The summed E-state index contributed by atoms with van der Waals surface area (Å²) in [6.07, 6.45) is 1.51. The number of pyridine rings is 1. The quantitative estimate of drug-likeness (QED) is 0.904. The van der Waals surface area contributed by atoms with Gasteiger partial charge >= 0.3 is 5.97 Å². The Labute approximate surface area is 111 Å². The van der Waals surface area contributed by atoms with Crippen LogP contribution in [-0.2, 0) is 9.59 Å². The van der Waals surface area contributed by atoms with E-state index < -0.39 is 11.9 Å². The molecule has 0 aromatic carbocycles. The van der Waals surface area contributed by atoms with Gasteiger partial charge in [-0.3, -0.25) is 14.5 Å². The number of carbonyl (C=O) groups excluding carboxylic acids is 1. The maximum absolute atomic E-state index is 11.7. The molecule has 1 aromatic rings. The molecule has 0 spiro atoms. The number of carbonyl (C=O) groups is 2. The van der Waals surface area contributed by atoms with Crippen molar-refractivity contribution in [2.75, 3.05) is 11.4 Å². The second-order valence-electron chi connectivity index (χ2n) is 3.70. The van der Waals surface area contributed by atoms with E-state index in [0.717, 1.165) is 0 Å². The summed E-state index contributed by atoms with van der Waals surface area (Å²) < 4.78 is 0.702. The SMILES string of the molecule is O=C(O)C1CC(=O)N(c2ncc(Br)cc2Cl)C1. The molecule has 0 radical (unpaired) electrons. The fraction of sp³-hybridized carbons (Fsp3) is 0.300. The predicted molar refractivity (Wildman–Crippen MR) is 65.0 cm³/mol. The van der Waals surface area contributed by atoms with Crippen LogP contribution in [0.3, 0.4) is 0 Å². The molecule has 7 heteroatoms. The molecule has 5 nitrogen and oxygen atoms in total. The van der Waals surface area contributed by atoms with Crippen LogP contribution in [0.1, 0.15) is 6.42 Å². The topological polar surface area (TPSA) is 70.5 Å². The Morgan fingerprint density at radius 1 is 1.65 bits per heavy atom. The van der Waals surface area contributed by atoms with Gasteiger partial charge in [0.25, 0.3) is 0 Å². The number of rotatable bonds is 2. The molecular weight excluding hydrogens is 311 g/mol. The summed E-state index contributed by atoms with van der Waals surface area (Å²) in [6.45, 7) is 0.114. The number of carboxylic acids is 1. The maximum atomic E-state index is 11.7. The van der Waals surface area contributed by atoms with E-state index >= 15 is 0 Å². The second kappa shape index (κ2) is 4.62. The van der Waals surface area contributed by atoms with Gasteiger partial charge in [-0.15, -0.1) is 0 Å². The van der Waals surface area contributed by atoms with E-state index in [9.17, 15) is 9.59 Å². The van der Waals surface area contributed by atoms with Crippen LogP contribution in [0.2, 0.25) is 5.02 Å². The van der Waals surface area contributed by atoms with Crippen molar-refractivity contribution in [2.45, 2.75) is 6.42 Å². The third-order valence-electron chi connectivity index (χ3n) is 2.52. The van der Waals surface area contributed by atoms with Crippen molar-refractivity contribution in [3.05, 3.63) is 21.8 Å². The molecular formula is C10H8BrClN2O3. The number of aromatic nitrogens is 1. The van der Waals surface area contributed by atoms with Gasteiger partial charge in [-0.25, -0.2) is 4.98 Å². The molecule has 1 N–H and O–H groups in total. The van der Waals surface area contributed by atoms with E-state index in [4.69, 9.17) is 16.7 Å². The number of carboxylic acid groups (broad SMARTS) is 1. The molecule has 1 unspecified atom stereocenters. The highest BCUT2D eigenvalue weighted by Crippen LogP contribution is 2.30. The second-order valence-corrected chi connectivity index (χ2v) is 5.03. The number of aliphatic carboxylic acids is 1. The minimum absolute atomic E-state index is 0.0105. The molecule has 0 bridgehead atoms. The average molecular weight is 320 g/mol. The summed E-state index contributed by atoms with van der Waals surface area (Å²) in [6, 6.07) is 1.62. The van der Waals surface area contributed by atoms with Gasteiger partial charge in [0.2, 0.25) is 5.91 Å². The lowest BCUT2D eigenvalue weighted by Crippen LogP contribution is -2.26. The third-order valence-corrected chi connectivity index (χ3v) is 3.23. The number of halogens is 2. The highest BCUT2D eigenvalue weighted by Gasteiger charge is 2.36. The van der Waals surface area contributed by atoms with Gasteiger partial charge in [-0.1, -0.05) is 11.6 Å². The molecule has 0 saturated carbocycles. The molecule has 1 amide bonds. The molecule has 90 valence electrons. The summed E-state index contributed by atoms with van der Waals surface area (Å²) in [4.78, 5) is 27.9. The normalized spacial score (nSPS) is 19.8. The lowest BCUT2D eigenvalue weighted by atomic mass is 10.1. The van der Waals surface area contributed by atoms with E-state index in [1.165, 1.54) is 11.1 Å².